The van der Waals surface area contributed by atoms with Crippen molar-refractivity contribution in [1.82, 2.24) is 0 Å². The molecule has 2 unspecified atom stereocenters. The summed E-state index contributed by atoms with van der Waals surface area (Å²) >= 11 is 0. The molecule has 4 heteroatoms. The quantitative estimate of drug-likeness (QED) is 0.767. The van der Waals surface area contributed by atoms with E-state index in [1.54, 1.807) is 0 Å². The van der Waals surface area contributed by atoms with E-state index in [1.165, 1.54) is 12.0 Å². The van der Waals surface area contributed by atoms with Gasteiger partial charge >= 0.3 is 0 Å². The molecule has 2 aliphatic carbocycles. The van der Waals surface area contributed by atoms with E-state index < -0.39 is 0 Å². The molecular weight excluding hydrogens is 328 g/mol. The third-order valence-electron chi connectivity index (χ3n) is 6.49. The van der Waals surface area contributed by atoms with Gasteiger partial charge in [-0.1, -0.05) is 37.3 Å². The van der Waals surface area contributed by atoms with E-state index >= 15 is 0 Å². The average molecular weight is 358 g/mol. The molecule has 1 heterocycles. The van der Waals surface area contributed by atoms with Crippen LogP contribution in [0.15, 0.2) is 30.3 Å². The fourth-order valence-electron chi connectivity index (χ4n) is 5.18. The van der Waals surface area contributed by atoms with Gasteiger partial charge in [-0.25, -0.2) is 0 Å². The maximum atomic E-state index is 12.1. The van der Waals surface area contributed by atoms with E-state index in [4.69, 9.17) is 14.2 Å². The lowest BCUT2D eigenvalue weighted by atomic mass is 9.80. The third-order valence-corrected chi connectivity index (χ3v) is 6.49. The van der Waals surface area contributed by atoms with Crippen LogP contribution in [0.4, 0.5) is 0 Å². The van der Waals surface area contributed by atoms with Crippen LogP contribution in [0.25, 0.3) is 0 Å². The van der Waals surface area contributed by atoms with Crippen LogP contribution in [0.5, 0.6) is 0 Å². The minimum Gasteiger partial charge on any atom is -0.376 e. The van der Waals surface area contributed by atoms with Gasteiger partial charge in [0, 0.05) is 25.4 Å². The fourth-order valence-corrected chi connectivity index (χ4v) is 5.18. The van der Waals surface area contributed by atoms with E-state index in [-0.39, 0.29) is 23.7 Å². The third kappa shape index (κ3) is 3.88. The molecule has 2 saturated carbocycles. The first-order valence-corrected chi connectivity index (χ1v) is 10.0. The zero-order chi connectivity index (χ0) is 18.0. The van der Waals surface area contributed by atoms with Crippen molar-refractivity contribution in [1.29, 1.82) is 0 Å². The number of carbonyl (C=O) groups excluding carboxylic acids is 1. The molecule has 0 aromatic heterocycles. The van der Waals surface area contributed by atoms with Crippen molar-refractivity contribution >= 4 is 5.78 Å². The van der Waals surface area contributed by atoms with Crippen LogP contribution in [0.3, 0.4) is 0 Å². The largest absolute Gasteiger partial charge is 0.376 e. The number of carbonyl (C=O) groups is 1. The number of ether oxygens (including phenoxy) is 3. The molecule has 3 fully saturated rings. The summed E-state index contributed by atoms with van der Waals surface area (Å²) in [7, 11) is 0. The molecule has 1 aromatic rings. The Labute approximate surface area is 156 Å². The predicted molar refractivity (Wildman–Crippen MR) is 98.5 cm³/mol. The smallest absolute Gasteiger partial charge is 0.157 e. The summed E-state index contributed by atoms with van der Waals surface area (Å²) in [6.07, 6.45) is 5.66. The van der Waals surface area contributed by atoms with Gasteiger partial charge in [-0.05, 0) is 42.6 Å². The number of Topliss-reactive ketones (excluding diaryl/α,β-unsaturated/α-hetero) is 1. The Morgan fingerprint density at radius 3 is 2.85 bits per heavy atom. The molecule has 26 heavy (non-hydrogen) atoms. The van der Waals surface area contributed by atoms with Crippen molar-refractivity contribution < 1.29 is 19.0 Å². The normalized spacial score (nSPS) is 37.0. The summed E-state index contributed by atoms with van der Waals surface area (Å²) in [6.45, 7) is 4.32. The highest BCUT2D eigenvalue weighted by Gasteiger charge is 2.56. The van der Waals surface area contributed by atoms with E-state index in [1.807, 2.05) is 18.2 Å². The molecule has 0 radical (unpaired) electrons. The van der Waals surface area contributed by atoms with Crippen LogP contribution in [-0.4, -0.2) is 31.4 Å². The van der Waals surface area contributed by atoms with E-state index in [0.29, 0.717) is 37.8 Å². The highest BCUT2D eigenvalue weighted by molar-refractivity contribution is 5.82. The van der Waals surface area contributed by atoms with Gasteiger partial charge in [0.15, 0.2) is 6.29 Å². The maximum absolute atomic E-state index is 12.1. The van der Waals surface area contributed by atoms with Crippen molar-refractivity contribution in [2.24, 2.45) is 17.3 Å². The lowest BCUT2D eigenvalue weighted by molar-refractivity contribution is -0.199. The van der Waals surface area contributed by atoms with Crippen molar-refractivity contribution in [3.05, 3.63) is 35.9 Å². The van der Waals surface area contributed by atoms with Gasteiger partial charge < -0.3 is 14.2 Å². The van der Waals surface area contributed by atoms with Crippen LogP contribution >= 0.6 is 0 Å². The number of fused-ring (bicyclic) bond motifs is 1. The molecule has 4 nitrogen and oxygen atoms in total. The number of ketones is 1. The Morgan fingerprint density at radius 1 is 1.23 bits per heavy atom. The van der Waals surface area contributed by atoms with Crippen LogP contribution in [0.2, 0.25) is 0 Å². The summed E-state index contributed by atoms with van der Waals surface area (Å²) in [4.78, 5) is 12.1. The Kier molecular flexibility index (Phi) is 5.44. The molecule has 0 N–H and O–H groups in total. The average Bonchev–Trinajstić information content (AvgIpc) is 3.06. The van der Waals surface area contributed by atoms with Gasteiger partial charge in [0.25, 0.3) is 0 Å². The molecule has 0 amide bonds. The van der Waals surface area contributed by atoms with Crippen molar-refractivity contribution in [2.75, 3.05) is 13.2 Å². The Morgan fingerprint density at radius 2 is 2.08 bits per heavy atom. The topological polar surface area (TPSA) is 44.8 Å². The van der Waals surface area contributed by atoms with E-state index in [0.717, 1.165) is 25.9 Å². The number of hydrogen-bond donors (Lipinski definition) is 0. The lowest BCUT2D eigenvalue weighted by Crippen LogP contribution is -2.33. The van der Waals surface area contributed by atoms with Crippen molar-refractivity contribution in [3.8, 4) is 0 Å². The van der Waals surface area contributed by atoms with Gasteiger partial charge in [0.2, 0.25) is 0 Å². The monoisotopic (exact) mass is 358 g/mol. The first kappa shape index (κ1) is 18.1. The molecule has 0 bridgehead atoms. The fraction of sp³-hybridized carbons (Fsp3) is 0.682. The van der Waals surface area contributed by atoms with Gasteiger partial charge in [-0.2, -0.15) is 0 Å². The minimum atomic E-state index is -0.0801. The Balaban J connectivity index is 1.41. The van der Waals surface area contributed by atoms with Crippen molar-refractivity contribution in [2.45, 2.75) is 64.4 Å². The molecule has 142 valence electrons. The maximum Gasteiger partial charge on any atom is 0.157 e. The zero-order valence-corrected chi connectivity index (χ0v) is 15.7. The van der Waals surface area contributed by atoms with Gasteiger partial charge in [0.1, 0.15) is 5.78 Å². The highest BCUT2D eigenvalue weighted by atomic mass is 16.7. The number of hydrogen-bond acceptors (Lipinski definition) is 4. The molecule has 3 aliphatic rings. The molecule has 4 rings (SSSR count). The first-order chi connectivity index (χ1) is 12.6. The summed E-state index contributed by atoms with van der Waals surface area (Å²) in [5.41, 5.74) is 1.25. The van der Waals surface area contributed by atoms with Gasteiger partial charge in [-0.3, -0.25) is 4.79 Å². The second-order valence-corrected chi connectivity index (χ2v) is 8.52. The lowest BCUT2D eigenvalue weighted by Gasteiger charge is -2.30. The SMILES string of the molecule is C[C@@]12CC(=O)CC1[C@@H](COCc1ccccc1)[C@H](OC1CCCCO1)C2. The molecule has 0 spiro atoms. The molecule has 1 aliphatic heterocycles. The summed E-state index contributed by atoms with van der Waals surface area (Å²) in [5, 5.41) is 0. The first-order valence-electron chi connectivity index (χ1n) is 10.0. The zero-order valence-electron chi connectivity index (χ0n) is 15.7. The standard InChI is InChI=1S/C22H30O4/c1-22-12-17(23)11-19(22)18(15-24-14-16-7-3-2-4-8-16)20(13-22)26-21-9-5-6-10-25-21/h2-4,7-8,18-21H,5-6,9-15H2,1H3/t18-,19?,20-,21?,22+/m1/s1. The molecule has 5 atom stereocenters. The summed E-state index contributed by atoms with van der Waals surface area (Å²) < 4.78 is 18.3. The second-order valence-electron chi connectivity index (χ2n) is 8.52. The highest BCUT2D eigenvalue weighted by Crippen LogP contribution is 2.56. The van der Waals surface area contributed by atoms with Crippen LogP contribution in [-0.2, 0) is 25.6 Å². The number of benzene rings is 1. The molecular formula is C22H30O4. The Hall–Kier alpha value is -1.23. The van der Waals surface area contributed by atoms with Crippen LogP contribution in [0, 0.1) is 17.3 Å². The van der Waals surface area contributed by atoms with Gasteiger partial charge in [0.05, 0.1) is 19.3 Å². The molecule has 1 saturated heterocycles. The van der Waals surface area contributed by atoms with E-state index in [9.17, 15) is 4.79 Å². The van der Waals surface area contributed by atoms with Crippen LogP contribution in [0.1, 0.15) is 51.0 Å². The second kappa shape index (κ2) is 7.79. The summed E-state index contributed by atoms with van der Waals surface area (Å²) in [5.74, 6) is 1.05. The molecule has 1 aromatic carbocycles. The Bertz CT molecular complexity index is 610. The predicted octanol–water partition coefficient (Wildman–Crippen LogP) is 4.12. The van der Waals surface area contributed by atoms with E-state index in [2.05, 4.69) is 19.1 Å². The van der Waals surface area contributed by atoms with Gasteiger partial charge in [-0.15, -0.1) is 0 Å². The minimum absolute atomic E-state index is 0.0667. The summed E-state index contributed by atoms with van der Waals surface area (Å²) in [6, 6.07) is 10.3. The number of rotatable bonds is 6. The van der Waals surface area contributed by atoms with Crippen molar-refractivity contribution in [3.63, 3.8) is 0 Å². The van der Waals surface area contributed by atoms with Crippen LogP contribution < -0.4 is 0 Å².